The van der Waals surface area contributed by atoms with Gasteiger partial charge in [-0.15, -0.1) is 0 Å². The molecule has 1 aliphatic rings. The van der Waals surface area contributed by atoms with E-state index < -0.39 is 0 Å². The summed E-state index contributed by atoms with van der Waals surface area (Å²) >= 11 is 0. The van der Waals surface area contributed by atoms with E-state index in [0.717, 1.165) is 54.2 Å². The Bertz CT molecular complexity index is 748. The van der Waals surface area contributed by atoms with E-state index in [1.807, 2.05) is 6.08 Å². The second kappa shape index (κ2) is 8.70. The number of allylic oxidation sites excluding steroid dienone is 3. The highest BCUT2D eigenvalue weighted by Crippen LogP contribution is 2.38. The van der Waals surface area contributed by atoms with Crippen LogP contribution in [0.5, 0.6) is 0 Å². The highest BCUT2D eigenvalue weighted by atomic mass is 19.1. The van der Waals surface area contributed by atoms with Crippen LogP contribution in [-0.2, 0) is 4.79 Å². The van der Waals surface area contributed by atoms with Crippen molar-refractivity contribution < 1.29 is 13.6 Å². The molecule has 0 amide bonds. The SMILES string of the molecule is O=C/C=C/C(=C(c1ccc(F)cc1)c1ccc(F)cc1)C1CCCCC1. The zero-order valence-corrected chi connectivity index (χ0v) is 14.6. The molecule has 0 atom stereocenters. The molecule has 0 unspecified atom stereocenters. The van der Waals surface area contributed by atoms with Crippen LogP contribution >= 0.6 is 0 Å². The fourth-order valence-electron chi connectivity index (χ4n) is 3.71. The summed E-state index contributed by atoms with van der Waals surface area (Å²) in [5.41, 5.74) is 3.74. The lowest BCUT2D eigenvalue weighted by molar-refractivity contribution is -0.104. The number of halogens is 2. The van der Waals surface area contributed by atoms with Gasteiger partial charge >= 0.3 is 0 Å². The molecular formula is C23H22F2O. The maximum absolute atomic E-state index is 13.4. The van der Waals surface area contributed by atoms with Gasteiger partial charge < -0.3 is 0 Å². The highest BCUT2D eigenvalue weighted by molar-refractivity contribution is 5.84. The van der Waals surface area contributed by atoms with Crippen molar-refractivity contribution in [3.05, 3.63) is 89.0 Å². The van der Waals surface area contributed by atoms with Crippen molar-refractivity contribution in [1.29, 1.82) is 0 Å². The van der Waals surface area contributed by atoms with Gasteiger partial charge in [-0.05, 0) is 71.4 Å². The molecule has 0 spiro atoms. The van der Waals surface area contributed by atoms with Crippen molar-refractivity contribution in [2.45, 2.75) is 32.1 Å². The summed E-state index contributed by atoms with van der Waals surface area (Å²) in [6.07, 6.45) is 9.81. The molecule has 0 saturated heterocycles. The number of hydrogen-bond acceptors (Lipinski definition) is 1. The molecule has 1 fully saturated rings. The van der Waals surface area contributed by atoms with Gasteiger partial charge in [0.05, 0.1) is 0 Å². The number of carbonyl (C=O) groups excluding carboxylic acids is 1. The lowest BCUT2D eigenvalue weighted by Crippen LogP contribution is -2.10. The zero-order valence-electron chi connectivity index (χ0n) is 14.6. The van der Waals surface area contributed by atoms with E-state index in [0.29, 0.717) is 5.92 Å². The Labute approximate surface area is 153 Å². The first-order valence-electron chi connectivity index (χ1n) is 9.07. The normalized spacial score (nSPS) is 15.2. The Morgan fingerprint density at radius 1 is 0.808 bits per heavy atom. The fraction of sp³-hybridized carbons (Fsp3) is 0.261. The van der Waals surface area contributed by atoms with Gasteiger partial charge in [-0.1, -0.05) is 49.6 Å². The molecule has 2 aromatic rings. The largest absolute Gasteiger partial charge is 0.299 e. The van der Waals surface area contributed by atoms with Gasteiger partial charge in [0.15, 0.2) is 0 Å². The maximum atomic E-state index is 13.4. The number of benzene rings is 2. The van der Waals surface area contributed by atoms with Crippen molar-refractivity contribution in [3.8, 4) is 0 Å². The number of aldehydes is 1. The van der Waals surface area contributed by atoms with E-state index in [1.165, 1.54) is 36.8 Å². The van der Waals surface area contributed by atoms with Crippen LogP contribution in [0.1, 0.15) is 43.2 Å². The molecule has 1 aliphatic carbocycles. The molecule has 1 nitrogen and oxygen atoms in total. The van der Waals surface area contributed by atoms with E-state index >= 15 is 0 Å². The molecule has 0 aromatic heterocycles. The average molecular weight is 352 g/mol. The Kier molecular flexibility index (Phi) is 6.11. The molecule has 0 bridgehead atoms. The van der Waals surface area contributed by atoms with E-state index in [4.69, 9.17) is 0 Å². The van der Waals surface area contributed by atoms with Gasteiger partial charge in [0.2, 0.25) is 0 Å². The van der Waals surface area contributed by atoms with Gasteiger partial charge in [-0.25, -0.2) is 8.78 Å². The van der Waals surface area contributed by atoms with E-state index in [1.54, 1.807) is 24.3 Å². The van der Waals surface area contributed by atoms with Crippen LogP contribution in [0.3, 0.4) is 0 Å². The Hall–Kier alpha value is -2.55. The van der Waals surface area contributed by atoms with Gasteiger partial charge in [-0.3, -0.25) is 4.79 Å². The molecule has 0 N–H and O–H groups in total. The lowest BCUT2D eigenvalue weighted by atomic mass is 9.79. The lowest BCUT2D eigenvalue weighted by Gasteiger charge is -2.26. The summed E-state index contributed by atoms with van der Waals surface area (Å²) in [4.78, 5) is 11.0. The molecule has 3 heteroatoms. The van der Waals surface area contributed by atoms with Crippen molar-refractivity contribution in [2.75, 3.05) is 0 Å². The predicted octanol–water partition coefficient (Wildman–Crippen LogP) is 6.10. The Morgan fingerprint density at radius 2 is 1.31 bits per heavy atom. The minimum absolute atomic E-state index is 0.296. The highest BCUT2D eigenvalue weighted by Gasteiger charge is 2.21. The minimum atomic E-state index is -0.296. The van der Waals surface area contributed by atoms with Crippen molar-refractivity contribution in [1.82, 2.24) is 0 Å². The summed E-state index contributed by atoms with van der Waals surface area (Å²) in [5.74, 6) is -0.255. The van der Waals surface area contributed by atoms with E-state index in [-0.39, 0.29) is 11.6 Å². The summed E-state index contributed by atoms with van der Waals surface area (Å²) in [7, 11) is 0. The molecule has 3 rings (SSSR count). The quantitative estimate of drug-likeness (QED) is 0.361. The summed E-state index contributed by atoms with van der Waals surface area (Å²) < 4.78 is 26.9. The van der Waals surface area contributed by atoms with Gasteiger partial charge in [0.25, 0.3) is 0 Å². The molecule has 0 heterocycles. The molecule has 2 aromatic carbocycles. The van der Waals surface area contributed by atoms with Gasteiger partial charge in [-0.2, -0.15) is 0 Å². The van der Waals surface area contributed by atoms with E-state index in [2.05, 4.69) is 0 Å². The monoisotopic (exact) mass is 352 g/mol. The van der Waals surface area contributed by atoms with Crippen LogP contribution in [0.25, 0.3) is 5.57 Å². The van der Waals surface area contributed by atoms with Crippen LogP contribution in [-0.4, -0.2) is 6.29 Å². The van der Waals surface area contributed by atoms with Crippen LogP contribution < -0.4 is 0 Å². The van der Waals surface area contributed by atoms with Crippen LogP contribution in [0.15, 0.2) is 66.3 Å². The van der Waals surface area contributed by atoms with Gasteiger partial charge in [0.1, 0.15) is 17.9 Å². The van der Waals surface area contributed by atoms with Crippen molar-refractivity contribution in [2.24, 2.45) is 5.92 Å². The third-order valence-corrected chi connectivity index (χ3v) is 4.95. The number of hydrogen-bond donors (Lipinski definition) is 0. The molecular weight excluding hydrogens is 330 g/mol. The number of carbonyl (C=O) groups is 1. The first kappa shape index (κ1) is 18.2. The number of rotatable bonds is 5. The minimum Gasteiger partial charge on any atom is -0.299 e. The Morgan fingerprint density at radius 3 is 1.77 bits per heavy atom. The van der Waals surface area contributed by atoms with Crippen molar-refractivity contribution >= 4 is 11.9 Å². The van der Waals surface area contributed by atoms with Crippen molar-refractivity contribution in [3.63, 3.8) is 0 Å². The predicted molar refractivity (Wildman–Crippen MR) is 101 cm³/mol. The zero-order chi connectivity index (χ0) is 18.4. The summed E-state index contributed by atoms with van der Waals surface area (Å²) in [6, 6.07) is 12.7. The molecule has 26 heavy (non-hydrogen) atoms. The molecule has 1 saturated carbocycles. The molecule has 134 valence electrons. The van der Waals surface area contributed by atoms with Crippen LogP contribution in [0.2, 0.25) is 0 Å². The molecule has 0 aliphatic heterocycles. The second-order valence-corrected chi connectivity index (χ2v) is 6.67. The third kappa shape index (κ3) is 4.34. The second-order valence-electron chi connectivity index (χ2n) is 6.67. The van der Waals surface area contributed by atoms with Gasteiger partial charge in [0, 0.05) is 0 Å². The first-order chi connectivity index (χ1) is 12.7. The van der Waals surface area contributed by atoms with Crippen LogP contribution in [0.4, 0.5) is 8.78 Å². The first-order valence-corrected chi connectivity index (χ1v) is 9.07. The maximum Gasteiger partial charge on any atom is 0.142 e. The third-order valence-electron chi connectivity index (χ3n) is 4.95. The summed E-state index contributed by atoms with van der Waals surface area (Å²) in [5, 5.41) is 0. The summed E-state index contributed by atoms with van der Waals surface area (Å²) in [6.45, 7) is 0. The smallest absolute Gasteiger partial charge is 0.142 e. The standard InChI is InChI=1S/C23H22F2O/c24-20-12-8-18(9-13-20)23(19-10-14-21(25)15-11-19)22(7-4-16-26)17-5-2-1-3-6-17/h4,7-17H,1-3,5-6H2/b7-4+. The Balaban J connectivity index is 2.20. The average Bonchev–Trinajstić information content (AvgIpc) is 2.68. The van der Waals surface area contributed by atoms with Crippen LogP contribution in [0, 0.1) is 17.6 Å². The molecule has 0 radical (unpaired) electrons. The van der Waals surface area contributed by atoms with E-state index in [9.17, 15) is 13.6 Å². The topological polar surface area (TPSA) is 17.1 Å². The fourth-order valence-corrected chi connectivity index (χ4v) is 3.71.